The number of hydrogen-bond donors (Lipinski definition) is 4. The number of ether oxygens (including phenoxy) is 1. The normalized spacial score (nSPS) is 12.5. The third kappa shape index (κ3) is 13.0. The minimum absolute atomic E-state index is 0.00540. The molecule has 2 atom stereocenters. The lowest BCUT2D eigenvalue weighted by Crippen LogP contribution is -2.48. The molecule has 0 saturated heterocycles. The fourth-order valence-corrected chi connectivity index (χ4v) is 5.96. The zero-order valence-electron chi connectivity index (χ0n) is 28.5. The lowest BCUT2D eigenvalue weighted by atomic mass is 9.99. The molecule has 53 heavy (non-hydrogen) atoms. The first kappa shape index (κ1) is 42.0. The number of rotatable bonds is 14. The predicted octanol–water partition coefficient (Wildman–Crippen LogP) is 5.40. The zero-order valence-corrected chi connectivity index (χ0v) is 29.3. The molecule has 0 radical (unpaired) electrons. The topological polar surface area (TPSA) is 162 Å². The molecule has 0 aliphatic carbocycles. The Morgan fingerprint density at radius 2 is 1.45 bits per heavy atom. The number of methoxy groups -OCH3 is 1. The van der Waals surface area contributed by atoms with Crippen molar-refractivity contribution in [3.63, 3.8) is 0 Å². The third-order valence-electron chi connectivity index (χ3n) is 7.36. The van der Waals surface area contributed by atoms with Gasteiger partial charge in [0.1, 0.15) is 17.4 Å². The zero-order chi connectivity index (χ0) is 39.5. The summed E-state index contributed by atoms with van der Waals surface area (Å²) in [5, 5.41) is 24.2. The van der Waals surface area contributed by atoms with Crippen molar-refractivity contribution in [1.29, 1.82) is 0 Å². The van der Waals surface area contributed by atoms with Gasteiger partial charge in [0.2, 0.25) is 10.0 Å². The number of carbonyl (C=O) groups excluding carboxylic acids is 2. The number of Topliss-reactive ketones (excluding diaryl/α,β-unsaturated/α-hetero) is 1. The highest BCUT2D eigenvalue weighted by Gasteiger charge is 2.38. The fraction of sp³-hybridized carbons (Fsp3) is 0.250. The monoisotopic (exact) mass is 765 g/mol. The average Bonchev–Trinajstić information content (AvgIpc) is 3.07. The Hall–Kier alpha value is -5.39. The number of amides is 1. The van der Waals surface area contributed by atoms with E-state index >= 15 is 0 Å². The van der Waals surface area contributed by atoms with E-state index in [1.54, 1.807) is 43.5 Å². The minimum atomic E-state index is -5.08. The molecule has 4 rings (SSSR count). The molecule has 1 amide bonds. The lowest BCUT2D eigenvalue weighted by molar-refractivity contribution is -0.192. The van der Waals surface area contributed by atoms with Gasteiger partial charge in [0.05, 0.1) is 36.9 Å². The summed E-state index contributed by atoms with van der Waals surface area (Å²) in [4.78, 5) is 35.1. The number of ketones is 1. The molecular formula is C36H36F5N3O8S. The van der Waals surface area contributed by atoms with E-state index in [1.165, 1.54) is 25.1 Å². The molecule has 11 nitrogen and oxygen atoms in total. The van der Waals surface area contributed by atoms with Crippen LogP contribution >= 0.6 is 0 Å². The quantitative estimate of drug-likeness (QED) is 0.0974. The second-order valence-corrected chi connectivity index (χ2v) is 13.4. The van der Waals surface area contributed by atoms with Crippen LogP contribution in [0.25, 0.3) is 0 Å². The summed E-state index contributed by atoms with van der Waals surface area (Å²) >= 11 is 0. The molecule has 4 aromatic rings. The van der Waals surface area contributed by atoms with Crippen molar-refractivity contribution in [2.75, 3.05) is 24.2 Å². The van der Waals surface area contributed by atoms with Crippen molar-refractivity contribution in [2.24, 2.45) is 0 Å². The van der Waals surface area contributed by atoms with Crippen molar-refractivity contribution in [1.82, 2.24) is 10.6 Å². The fourth-order valence-electron chi connectivity index (χ4n) is 4.96. The first-order valence-electron chi connectivity index (χ1n) is 15.6. The molecule has 4 N–H and O–H groups in total. The number of carboxylic acids is 1. The number of halogens is 5. The van der Waals surface area contributed by atoms with Crippen molar-refractivity contribution in [2.45, 2.75) is 38.2 Å². The maximum atomic E-state index is 14.0. The number of benzene rings is 4. The molecule has 284 valence electrons. The Labute approximate surface area is 302 Å². The Balaban J connectivity index is 0.000000980. The number of carboxylic acid groups (broad SMARTS) is 1. The standard InChI is InChI=1S/C34H35F2N3O6S.C2HF3O2/c1-22(40)25-16-26(18-30(17-25)39(46(3,43)44)29-9-5-4-6-10-29)34(42)38-32(15-24-12-27(35)19-28(36)13-24)33(41)21-37-20-23-8-7-11-31(14-23)45-2;3-2(4,5)1(6)7/h4-14,16-19,32-33,37,41H,15,20-21H2,1-3H3,(H,38,42);(H,6,7)/t32-,33+;/m0./s1. The van der Waals surface area contributed by atoms with Gasteiger partial charge in [-0.15, -0.1) is 0 Å². The second kappa shape index (κ2) is 18.4. The van der Waals surface area contributed by atoms with Gasteiger partial charge in [-0.25, -0.2) is 26.3 Å². The maximum absolute atomic E-state index is 14.0. The van der Waals surface area contributed by atoms with E-state index < -0.39 is 57.6 Å². The van der Waals surface area contributed by atoms with Crippen molar-refractivity contribution < 1.29 is 59.7 Å². The molecule has 0 spiro atoms. The largest absolute Gasteiger partial charge is 0.497 e. The number of aliphatic hydroxyl groups excluding tert-OH is 1. The summed E-state index contributed by atoms with van der Waals surface area (Å²) in [6.07, 6.45) is -5.45. The Kier molecular flexibility index (Phi) is 14.6. The summed E-state index contributed by atoms with van der Waals surface area (Å²) in [7, 11) is -2.37. The second-order valence-electron chi connectivity index (χ2n) is 11.6. The minimum Gasteiger partial charge on any atom is -0.497 e. The van der Waals surface area contributed by atoms with Gasteiger partial charge in [-0.1, -0.05) is 30.3 Å². The van der Waals surface area contributed by atoms with E-state index in [-0.39, 0.29) is 35.3 Å². The number of aliphatic hydroxyl groups is 1. The SMILES string of the molecule is COc1cccc(CNC[C@@H](O)[C@H](Cc2cc(F)cc(F)c2)NC(=O)c2cc(C(C)=O)cc(N(c3ccccc3)S(C)(=O)=O)c2)c1.O=C(O)C(F)(F)F. The Morgan fingerprint density at radius 1 is 0.849 bits per heavy atom. The van der Waals surface area contributed by atoms with E-state index in [0.717, 1.165) is 34.3 Å². The van der Waals surface area contributed by atoms with Crippen LogP contribution < -0.4 is 19.7 Å². The van der Waals surface area contributed by atoms with Gasteiger partial charge in [0.25, 0.3) is 5.91 Å². The maximum Gasteiger partial charge on any atom is 0.490 e. The van der Waals surface area contributed by atoms with E-state index in [0.29, 0.717) is 18.0 Å². The van der Waals surface area contributed by atoms with Crippen LogP contribution in [0.2, 0.25) is 0 Å². The van der Waals surface area contributed by atoms with Crippen LogP contribution in [0.1, 0.15) is 38.8 Å². The molecule has 0 aromatic heterocycles. The molecule has 0 aliphatic heterocycles. The van der Waals surface area contributed by atoms with Gasteiger partial charge in [0, 0.05) is 30.3 Å². The molecule has 4 aromatic carbocycles. The summed E-state index contributed by atoms with van der Waals surface area (Å²) < 4.78 is 91.8. The molecule has 0 unspecified atom stereocenters. The molecule has 17 heteroatoms. The van der Waals surface area contributed by atoms with E-state index in [1.807, 2.05) is 18.2 Å². The van der Waals surface area contributed by atoms with Gasteiger partial charge in [-0.3, -0.25) is 9.59 Å². The predicted molar refractivity (Wildman–Crippen MR) is 186 cm³/mol. The first-order valence-corrected chi connectivity index (χ1v) is 17.4. The number of nitrogens with zero attached hydrogens (tertiary/aromatic N) is 1. The number of hydrogen-bond acceptors (Lipinski definition) is 8. The number of nitrogens with one attached hydrogen (secondary N) is 2. The van der Waals surface area contributed by atoms with Crippen molar-refractivity contribution in [3.8, 4) is 5.75 Å². The lowest BCUT2D eigenvalue weighted by Gasteiger charge is -2.26. The summed E-state index contributed by atoms with van der Waals surface area (Å²) in [5.41, 5.74) is 1.44. The first-order chi connectivity index (χ1) is 24.8. The van der Waals surface area contributed by atoms with Gasteiger partial charge >= 0.3 is 12.1 Å². The van der Waals surface area contributed by atoms with Gasteiger partial charge in [0.15, 0.2) is 5.78 Å². The number of alkyl halides is 3. The third-order valence-corrected chi connectivity index (χ3v) is 8.45. The Morgan fingerprint density at radius 3 is 2.00 bits per heavy atom. The van der Waals surface area contributed by atoms with Crippen LogP contribution in [0.15, 0.2) is 91.0 Å². The summed E-state index contributed by atoms with van der Waals surface area (Å²) in [6, 6.07) is 21.4. The van der Waals surface area contributed by atoms with E-state index in [2.05, 4.69) is 10.6 Å². The van der Waals surface area contributed by atoms with Crippen LogP contribution in [-0.4, -0.2) is 74.5 Å². The average molecular weight is 766 g/mol. The molecule has 0 aliphatic rings. The van der Waals surface area contributed by atoms with Gasteiger partial charge < -0.3 is 25.6 Å². The van der Waals surface area contributed by atoms with Crippen molar-refractivity contribution >= 4 is 39.1 Å². The highest BCUT2D eigenvalue weighted by molar-refractivity contribution is 7.92. The number of aliphatic carboxylic acids is 1. The van der Waals surface area contributed by atoms with Crippen LogP contribution in [-0.2, 0) is 27.8 Å². The highest BCUT2D eigenvalue weighted by atomic mass is 32.2. The molecule has 0 saturated carbocycles. The van der Waals surface area contributed by atoms with E-state index in [4.69, 9.17) is 14.6 Å². The van der Waals surface area contributed by atoms with E-state index in [9.17, 15) is 45.1 Å². The molecule has 0 heterocycles. The van der Waals surface area contributed by atoms with Gasteiger partial charge in [-0.2, -0.15) is 13.2 Å². The molecular weight excluding hydrogens is 729 g/mol. The summed E-state index contributed by atoms with van der Waals surface area (Å²) in [5.74, 6) is -4.87. The van der Waals surface area contributed by atoms with Crippen molar-refractivity contribution in [3.05, 3.63) is 125 Å². The molecule has 0 bridgehead atoms. The number of sulfonamides is 1. The molecule has 0 fully saturated rings. The number of carbonyl (C=O) groups is 3. The van der Waals surface area contributed by atoms with Crippen LogP contribution in [0.4, 0.5) is 33.3 Å². The van der Waals surface area contributed by atoms with Crippen LogP contribution in [0.5, 0.6) is 5.75 Å². The smallest absolute Gasteiger partial charge is 0.490 e. The summed E-state index contributed by atoms with van der Waals surface area (Å²) in [6.45, 7) is 1.63. The number of para-hydroxylation sites is 1. The van der Waals surface area contributed by atoms with Gasteiger partial charge in [-0.05, 0) is 79.1 Å². The van der Waals surface area contributed by atoms with Crippen LogP contribution in [0, 0.1) is 11.6 Å². The van der Waals surface area contributed by atoms with Crippen LogP contribution in [0.3, 0.4) is 0 Å². The highest BCUT2D eigenvalue weighted by Crippen LogP contribution is 2.30. The number of anilines is 2. The Bertz CT molecular complexity index is 1990.